The van der Waals surface area contributed by atoms with E-state index in [-0.39, 0.29) is 11.9 Å². The third-order valence-electron chi connectivity index (χ3n) is 4.19. The zero-order valence-electron chi connectivity index (χ0n) is 14.8. The Morgan fingerprint density at radius 3 is 2.92 bits per heavy atom. The van der Waals surface area contributed by atoms with Crippen LogP contribution in [0, 0.1) is 0 Å². The van der Waals surface area contributed by atoms with Gasteiger partial charge in [-0.1, -0.05) is 13.0 Å². The zero-order valence-corrected chi connectivity index (χ0v) is 15.6. The van der Waals surface area contributed by atoms with Crippen LogP contribution < -0.4 is 4.74 Å². The van der Waals surface area contributed by atoms with E-state index in [1.54, 1.807) is 18.3 Å². The van der Waals surface area contributed by atoms with Gasteiger partial charge in [-0.2, -0.15) is 0 Å². The van der Waals surface area contributed by atoms with Crippen molar-refractivity contribution in [2.45, 2.75) is 32.3 Å². The fourth-order valence-corrected chi connectivity index (χ4v) is 3.73. The summed E-state index contributed by atoms with van der Waals surface area (Å²) in [4.78, 5) is 29.0. The zero-order chi connectivity index (χ0) is 18.5. The Labute approximate surface area is 156 Å². The van der Waals surface area contributed by atoms with Gasteiger partial charge in [-0.15, -0.1) is 11.3 Å². The van der Waals surface area contributed by atoms with E-state index in [9.17, 15) is 9.59 Å². The van der Waals surface area contributed by atoms with Gasteiger partial charge in [0.25, 0.3) is 0 Å². The average molecular weight is 375 g/mol. The van der Waals surface area contributed by atoms with Gasteiger partial charge in [0, 0.05) is 19.2 Å². The van der Waals surface area contributed by atoms with Crippen LogP contribution in [-0.2, 0) is 9.47 Å². The van der Waals surface area contributed by atoms with Crippen LogP contribution in [0.2, 0.25) is 0 Å². The summed E-state index contributed by atoms with van der Waals surface area (Å²) in [7, 11) is 1.33. The lowest BCUT2D eigenvalue weighted by Crippen LogP contribution is -2.18. The fourth-order valence-electron chi connectivity index (χ4n) is 2.79. The molecule has 0 aliphatic carbocycles. The maximum atomic E-state index is 12.2. The van der Waals surface area contributed by atoms with Crippen LogP contribution >= 0.6 is 11.3 Å². The second-order valence-corrected chi connectivity index (χ2v) is 6.96. The molecule has 0 bridgehead atoms. The van der Waals surface area contributed by atoms with Crippen LogP contribution in [0.1, 0.15) is 46.2 Å². The molecule has 0 N–H and O–H groups in total. The smallest absolute Gasteiger partial charge is 0.341 e. The summed E-state index contributed by atoms with van der Waals surface area (Å²) < 4.78 is 16.5. The van der Waals surface area contributed by atoms with Gasteiger partial charge < -0.3 is 14.2 Å². The van der Waals surface area contributed by atoms with E-state index in [1.807, 2.05) is 13.0 Å². The van der Waals surface area contributed by atoms with E-state index >= 15 is 0 Å². The molecule has 0 unspecified atom stereocenters. The normalized spacial score (nSPS) is 16.5. The quantitative estimate of drug-likeness (QED) is 0.542. The maximum Gasteiger partial charge on any atom is 0.341 e. The second kappa shape index (κ2) is 8.42. The molecule has 0 saturated carbocycles. The minimum absolute atomic E-state index is 0.0158. The summed E-state index contributed by atoms with van der Waals surface area (Å²) in [6, 6.07) is 5.24. The van der Waals surface area contributed by atoms with Crippen molar-refractivity contribution >= 4 is 23.1 Å². The molecule has 3 rings (SSSR count). The van der Waals surface area contributed by atoms with Gasteiger partial charge in [-0.25, -0.2) is 9.78 Å². The lowest BCUT2D eigenvalue weighted by Gasteiger charge is -2.16. The molecule has 1 fully saturated rings. The summed E-state index contributed by atoms with van der Waals surface area (Å²) in [6.07, 6.45) is 3.95. The highest BCUT2D eigenvalue weighted by molar-refractivity contribution is 7.17. The molecule has 1 aliphatic rings. The molecule has 1 atom stereocenters. The Balaban J connectivity index is 1.95. The minimum Gasteiger partial charge on any atom is -0.489 e. The lowest BCUT2D eigenvalue weighted by molar-refractivity contribution is 0.0568. The first-order valence-electron chi connectivity index (χ1n) is 8.59. The van der Waals surface area contributed by atoms with Gasteiger partial charge in [0.15, 0.2) is 5.78 Å². The predicted octanol–water partition coefficient (Wildman–Crippen LogP) is 3.75. The monoisotopic (exact) mass is 375 g/mol. The van der Waals surface area contributed by atoms with Crippen molar-refractivity contribution in [2.24, 2.45) is 0 Å². The number of aromatic nitrogens is 1. The highest BCUT2D eigenvalue weighted by Gasteiger charge is 2.23. The van der Waals surface area contributed by atoms with Crippen LogP contribution in [0.5, 0.6) is 5.75 Å². The van der Waals surface area contributed by atoms with E-state index in [0.29, 0.717) is 39.8 Å². The summed E-state index contributed by atoms with van der Waals surface area (Å²) in [5, 5.41) is 0.634. The Morgan fingerprint density at radius 1 is 1.38 bits per heavy atom. The Morgan fingerprint density at radius 2 is 2.23 bits per heavy atom. The van der Waals surface area contributed by atoms with Gasteiger partial charge in [0.1, 0.15) is 22.9 Å². The first kappa shape index (κ1) is 18.5. The lowest BCUT2D eigenvalue weighted by atomic mass is 10.1. The first-order chi connectivity index (χ1) is 12.6. The fraction of sp³-hybridized carbons (Fsp3) is 0.421. The molecular formula is C19H21NO5S. The maximum absolute atomic E-state index is 12.2. The number of ketones is 1. The van der Waals surface area contributed by atoms with E-state index < -0.39 is 5.97 Å². The molecule has 6 nitrogen and oxygen atoms in total. The van der Waals surface area contributed by atoms with Crippen LogP contribution in [0.4, 0.5) is 0 Å². The predicted molar refractivity (Wildman–Crippen MR) is 98.0 cm³/mol. The van der Waals surface area contributed by atoms with Crippen LogP contribution in [0.15, 0.2) is 24.4 Å². The molecule has 26 heavy (non-hydrogen) atoms. The van der Waals surface area contributed by atoms with Gasteiger partial charge in [-0.05, 0) is 25.0 Å². The molecule has 138 valence electrons. The molecule has 2 aromatic rings. The van der Waals surface area contributed by atoms with Crippen LogP contribution in [-0.4, -0.2) is 43.2 Å². The molecule has 0 spiro atoms. The third-order valence-corrected chi connectivity index (χ3v) is 5.26. The third kappa shape index (κ3) is 3.94. The molecule has 1 aromatic heterocycles. The second-order valence-electron chi connectivity index (χ2n) is 5.93. The topological polar surface area (TPSA) is 74.7 Å². The largest absolute Gasteiger partial charge is 0.489 e. The number of rotatable bonds is 7. The number of carbonyl (C=O) groups is 2. The number of hydrogen-bond donors (Lipinski definition) is 0. The Bertz CT molecular complexity index is 795. The highest BCUT2D eigenvalue weighted by atomic mass is 32.1. The molecule has 1 aromatic carbocycles. The average Bonchev–Trinajstić information content (AvgIpc) is 3.36. The number of methoxy groups -OCH3 is 1. The van der Waals surface area contributed by atoms with Crippen molar-refractivity contribution in [3.63, 3.8) is 0 Å². The number of benzene rings is 1. The Kier molecular flexibility index (Phi) is 6.00. The molecule has 7 heteroatoms. The van der Waals surface area contributed by atoms with Crippen molar-refractivity contribution in [2.75, 3.05) is 20.3 Å². The molecule has 1 aliphatic heterocycles. The SMILES string of the molecule is CCC(=O)c1cnc(-c2cccc(C(=O)OC)c2OC[C@@H]2CCCO2)s1. The van der Waals surface area contributed by atoms with Crippen molar-refractivity contribution in [3.8, 4) is 16.3 Å². The molecular weight excluding hydrogens is 354 g/mol. The van der Waals surface area contributed by atoms with Crippen molar-refractivity contribution < 1.29 is 23.8 Å². The van der Waals surface area contributed by atoms with Gasteiger partial charge in [0.2, 0.25) is 0 Å². The van der Waals surface area contributed by atoms with Crippen LogP contribution in [0.3, 0.4) is 0 Å². The number of Topliss-reactive ketones (excluding diaryl/α,β-unsaturated/α-hetero) is 1. The number of ether oxygens (including phenoxy) is 3. The molecule has 2 heterocycles. The number of carbonyl (C=O) groups excluding carboxylic acids is 2. The van der Waals surface area contributed by atoms with E-state index in [1.165, 1.54) is 18.4 Å². The molecule has 0 radical (unpaired) electrons. The molecule has 1 saturated heterocycles. The summed E-state index contributed by atoms with van der Waals surface area (Å²) in [5.74, 6) is -0.0185. The van der Waals surface area contributed by atoms with Crippen molar-refractivity contribution in [3.05, 3.63) is 34.8 Å². The Hall–Kier alpha value is -2.25. The van der Waals surface area contributed by atoms with Gasteiger partial charge >= 0.3 is 5.97 Å². The van der Waals surface area contributed by atoms with Gasteiger partial charge in [-0.3, -0.25) is 4.79 Å². The van der Waals surface area contributed by atoms with Gasteiger partial charge in [0.05, 0.1) is 23.7 Å². The summed E-state index contributed by atoms with van der Waals surface area (Å²) in [6.45, 7) is 2.90. The van der Waals surface area contributed by atoms with Crippen molar-refractivity contribution in [1.82, 2.24) is 4.98 Å². The van der Waals surface area contributed by atoms with Crippen molar-refractivity contribution in [1.29, 1.82) is 0 Å². The van der Waals surface area contributed by atoms with E-state index in [4.69, 9.17) is 14.2 Å². The number of nitrogens with zero attached hydrogens (tertiary/aromatic N) is 1. The van der Waals surface area contributed by atoms with E-state index in [2.05, 4.69) is 4.98 Å². The summed E-state index contributed by atoms with van der Waals surface area (Å²) >= 11 is 1.29. The number of esters is 1. The summed E-state index contributed by atoms with van der Waals surface area (Å²) in [5.41, 5.74) is 1.01. The first-order valence-corrected chi connectivity index (χ1v) is 9.40. The minimum atomic E-state index is -0.476. The number of hydrogen-bond acceptors (Lipinski definition) is 7. The number of para-hydroxylation sites is 1. The van der Waals surface area contributed by atoms with Crippen LogP contribution in [0.25, 0.3) is 10.6 Å². The molecule has 0 amide bonds. The van der Waals surface area contributed by atoms with E-state index in [0.717, 1.165) is 19.4 Å². The standard InChI is InChI=1S/C19H21NO5S/c1-3-15(21)16-10-20-18(26-16)13-7-4-8-14(19(22)23-2)17(13)25-11-12-6-5-9-24-12/h4,7-8,10,12H,3,5-6,9,11H2,1-2H3/t12-/m0/s1. The highest BCUT2D eigenvalue weighted by Crippen LogP contribution is 2.36. The number of thiazole rings is 1.